The van der Waals surface area contributed by atoms with Gasteiger partial charge in [0.25, 0.3) is 0 Å². The first-order valence-corrected chi connectivity index (χ1v) is 18.1. The van der Waals surface area contributed by atoms with E-state index in [9.17, 15) is 0 Å². The molecule has 44 heavy (non-hydrogen) atoms. The molecule has 5 rings (SSSR count). The molecule has 0 saturated carbocycles. The first-order chi connectivity index (χ1) is 19.0. The number of hydrogen-bond acceptors (Lipinski definition) is 1. The Morgan fingerprint density at radius 2 is 1.27 bits per heavy atom. The summed E-state index contributed by atoms with van der Waals surface area (Å²) in [5.41, 5.74) is 17.1. The van der Waals surface area contributed by atoms with E-state index in [2.05, 4.69) is 120 Å². The molecule has 0 aliphatic heterocycles. The van der Waals surface area contributed by atoms with Gasteiger partial charge in [0.2, 0.25) is 0 Å². The van der Waals surface area contributed by atoms with Crippen molar-refractivity contribution in [3.8, 4) is 16.9 Å². The second kappa shape index (κ2) is 15.3. The Morgan fingerprint density at radius 3 is 1.68 bits per heavy atom. The Labute approximate surface area is 302 Å². The van der Waals surface area contributed by atoms with E-state index >= 15 is 0 Å². The summed E-state index contributed by atoms with van der Waals surface area (Å²) in [4.78, 5) is 0. The molecule has 0 unspecified atom stereocenters. The van der Waals surface area contributed by atoms with E-state index in [1.165, 1.54) is 57.9 Å². The van der Waals surface area contributed by atoms with E-state index in [-0.39, 0.29) is 70.6 Å². The zero-order chi connectivity index (χ0) is 30.6. The predicted octanol–water partition coefficient (Wildman–Crippen LogP) is 5.43. The molecule has 0 heterocycles. The third-order valence-electron chi connectivity index (χ3n) is 9.61. The van der Waals surface area contributed by atoms with Crippen molar-refractivity contribution in [2.75, 3.05) is 7.11 Å². The van der Waals surface area contributed by atoms with Crippen LogP contribution in [0.2, 0.25) is 18.6 Å². The number of hydrogen-bond donors (Lipinski definition) is 0. The summed E-state index contributed by atoms with van der Waals surface area (Å²) in [6.07, 6.45) is 3.66. The topological polar surface area (TPSA) is 9.23 Å². The fourth-order valence-electron chi connectivity index (χ4n) is 7.23. The van der Waals surface area contributed by atoms with Crippen LogP contribution in [0.1, 0.15) is 103 Å². The SMILES string of the molecule is CC1=C(C)C([Si](C)C)C(C)=C1C.COc1c(C(C)(C)C)cc(-c2c3c(cc4[cH-]c(C)cc24)CCC3)cc1C(C)(C)C.[Cl-].[Cl-].[Zr+3]. The maximum absolute atomic E-state index is 6.00. The summed E-state index contributed by atoms with van der Waals surface area (Å²) in [7, 11) is 1.63. The van der Waals surface area contributed by atoms with Crippen molar-refractivity contribution < 1.29 is 55.8 Å². The van der Waals surface area contributed by atoms with Crippen LogP contribution in [0.3, 0.4) is 0 Å². The first kappa shape index (κ1) is 41.0. The van der Waals surface area contributed by atoms with Gasteiger partial charge in [-0.15, -0.1) is 28.5 Å². The van der Waals surface area contributed by atoms with Gasteiger partial charge in [0.05, 0.1) is 15.9 Å². The molecule has 0 fully saturated rings. The van der Waals surface area contributed by atoms with Crippen LogP contribution in [-0.4, -0.2) is 15.9 Å². The van der Waals surface area contributed by atoms with Gasteiger partial charge in [0.15, 0.2) is 0 Å². The zero-order valence-corrected chi connectivity index (χ0v) is 34.7. The van der Waals surface area contributed by atoms with Crippen molar-refractivity contribution in [3.05, 3.63) is 80.4 Å². The number of methoxy groups -OCH3 is 1. The van der Waals surface area contributed by atoms with Gasteiger partial charge < -0.3 is 29.6 Å². The number of ether oxygens (including phenoxy) is 1. The molecule has 0 aromatic heterocycles. The molecule has 2 aliphatic carbocycles. The van der Waals surface area contributed by atoms with Crippen LogP contribution >= 0.6 is 0 Å². The number of fused-ring (bicyclic) bond motifs is 2. The maximum Gasteiger partial charge on any atom is 3.00 e. The van der Waals surface area contributed by atoms with Crippen molar-refractivity contribution in [2.45, 2.75) is 125 Å². The summed E-state index contributed by atoms with van der Waals surface area (Å²) in [5.74, 6) is 1.05. The number of rotatable bonds is 3. The van der Waals surface area contributed by atoms with E-state index in [4.69, 9.17) is 4.74 Å². The van der Waals surface area contributed by atoms with Gasteiger partial charge in [0, 0.05) is 11.1 Å². The van der Waals surface area contributed by atoms with Crippen molar-refractivity contribution in [2.24, 2.45) is 0 Å². The molecule has 2 radical (unpaired) electrons. The Kier molecular flexibility index (Phi) is 14.2. The van der Waals surface area contributed by atoms with Crippen LogP contribution in [-0.2, 0) is 49.9 Å². The normalized spacial score (nSPS) is 15.1. The summed E-state index contributed by atoms with van der Waals surface area (Å²) in [6, 6.07) is 12.0. The zero-order valence-electron chi connectivity index (χ0n) is 29.7. The van der Waals surface area contributed by atoms with Gasteiger partial charge in [-0.05, 0) is 92.2 Å². The Balaban J connectivity index is 0.000000552. The van der Waals surface area contributed by atoms with E-state index in [0.29, 0.717) is 0 Å². The third kappa shape index (κ3) is 7.93. The molecule has 3 aromatic rings. The average Bonchev–Trinajstić information content (AvgIpc) is 3.53. The van der Waals surface area contributed by atoms with Crippen LogP contribution in [0.15, 0.2) is 52.6 Å². The Morgan fingerprint density at radius 1 is 0.773 bits per heavy atom. The molecule has 5 heteroatoms. The van der Waals surface area contributed by atoms with Crippen LogP contribution in [0.25, 0.3) is 21.9 Å². The fourth-order valence-corrected chi connectivity index (χ4v) is 9.39. The maximum atomic E-state index is 6.00. The molecule has 2 aliphatic rings. The van der Waals surface area contributed by atoms with E-state index < -0.39 is 0 Å². The monoisotopic (exact) mass is 726 g/mol. The largest absolute Gasteiger partial charge is 3.00 e. The molecule has 0 amide bonds. The van der Waals surface area contributed by atoms with Crippen molar-refractivity contribution >= 4 is 19.6 Å². The molecule has 0 atom stereocenters. The molecular formula is C39H54Cl2OSiZr. The molecule has 0 N–H and O–H groups in total. The summed E-state index contributed by atoms with van der Waals surface area (Å²) in [6.45, 7) is 29.9. The van der Waals surface area contributed by atoms with Gasteiger partial charge in [-0.25, -0.2) is 0 Å². The number of benzene rings is 2. The molecular weight excluding hydrogens is 675 g/mol. The van der Waals surface area contributed by atoms with Gasteiger partial charge in [-0.1, -0.05) is 89.4 Å². The van der Waals surface area contributed by atoms with E-state index in [1.807, 2.05) is 7.11 Å². The summed E-state index contributed by atoms with van der Waals surface area (Å²) >= 11 is 0. The second-order valence-corrected chi connectivity index (χ2v) is 17.7. The van der Waals surface area contributed by atoms with Gasteiger partial charge in [-0.3, -0.25) is 0 Å². The molecule has 0 spiro atoms. The summed E-state index contributed by atoms with van der Waals surface area (Å²) < 4.78 is 6.00. The minimum Gasteiger partial charge on any atom is -1.00 e. The predicted molar refractivity (Wildman–Crippen MR) is 184 cm³/mol. The average molecular weight is 729 g/mol. The Bertz CT molecular complexity index is 1480. The smallest absolute Gasteiger partial charge is 1.00 e. The molecule has 3 aromatic carbocycles. The minimum absolute atomic E-state index is 0. The quantitative estimate of drug-likeness (QED) is 0.259. The number of halogens is 2. The van der Waals surface area contributed by atoms with Crippen molar-refractivity contribution in [1.29, 1.82) is 0 Å². The molecule has 238 valence electrons. The number of aryl methyl sites for hydroxylation is 2. The van der Waals surface area contributed by atoms with Crippen LogP contribution in [0.4, 0.5) is 0 Å². The van der Waals surface area contributed by atoms with Gasteiger partial charge in [-0.2, -0.15) is 6.07 Å². The Hall–Kier alpha value is -0.990. The van der Waals surface area contributed by atoms with E-state index in [0.717, 1.165) is 11.3 Å². The van der Waals surface area contributed by atoms with Crippen LogP contribution in [0, 0.1) is 6.92 Å². The fraction of sp³-hybridized carbons (Fsp3) is 0.513. The van der Waals surface area contributed by atoms with E-state index in [1.54, 1.807) is 33.4 Å². The van der Waals surface area contributed by atoms with Crippen molar-refractivity contribution in [3.63, 3.8) is 0 Å². The standard InChI is InChI=1S/C28H35O.C11H19Si.2ClH.Zr/c1-17-12-19-14-18-10-9-11-21(18)25(22(19)13-17)20-15-23(27(2,3)4)26(29-8)24(16-20)28(5,6)7;1-7-8(2)10(4)11(9(7)3)12(5)6;;;/h12-16H,9-11H2,1-8H3;11H,1-6H3;2*1H;/q-1;;;;+3/p-2. The van der Waals surface area contributed by atoms with Crippen LogP contribution < -0.4 is 29.6 Å². The number of allylic oxidation sites excluding steroid dienone is 4. The van der Waals surface area contributed by atoms with Gasteiger partial charge in [0.1, 0.15) is 5.75 Å². The summed E-state index contributed by atoms with van der Waals surface area (Å²) in [5, 5.41) is 2.80. The van der Waals surface area contributed by atoms with Gasteiger partial charge >= 0.3 is 26.2 Å². The first-order valence-electron chi connectivity index (χ1n) is 15.6. The third-order valence-corrected chi connectivity index (χ3v) is 11.6. The molecule has 1 nitrogen and oxygen atoms in total. The molecule has 0 saturated heterocycles. The molecule has 0 bridgehead atoms. The minimum atomic E-state index is -0.190. The van der Waals surface area contributed by atoms with Crippen LogP contribution in [0.5, 0.6) is 5.75 Å². The van der Waals surface area contributed by atoms with Crippen molar-refractivity contribution in [1.82, 2.24) is 0 Å². The second-order valence-electron chi connectivity index (χ2n) is 15.0.